The lowest BCUT2D eigenvalue weighted by Gasteiger charge is -2.55. The molecule has 2 bridgehead atoms. The van der Waals surface area contributed by atoms with Crippen LogP contribution in [0.2, 0.25) is 0 Å². The van der Waals surface area contributed by atoms with Gasteiger partial charge in [0.2, 0.25) is 0 Å². The van der Waals surface area contributed by atoms with Crippen LogP contribution in [-0.4, -0.2) is 41.3 Å². The van der Waals surface area contributed by atoms with Crippen molar-refractivity contribution in [1.29, 1.82) is 0 Å². The van der Waals surface area contributed by atoms with Gasteiger partial charge in [0.25, 0.3) is 0 Å². The molecule has 1 aliphatic carbocycles. The van der Waals surface area contributed by atoms with E-state index in [1.54, 1.807) is 0 Å². The van der Waals surface area contributed by atoms with Gasteiger partial charge in [-0.25, -0.2) is 0 Å². The molecule has 3 aliphatic rings. The number of likely N-dealkylation sites (tertiary alicyclic amines) is 1. The summed E-state index contributed by atoms with van der Waals surface area (Å²) in [6, 6.07) is 6.59. The van der Waals surface area contributed by atoms with Gasteiger partial charge in [0.1, 0.15) is 5.75 Å². The fourth-order valence-corrected chi connectivity index (χ4v) is 5.28. The maximum Gasteiger partial charge on any atom is 0.115 e. The average molecular weight is 352 g/mol. The van der Waals surface area contributed by atoms with Crippen LogP contribution >= 0.6 is 12.4 Å². The van der Waals surface area contributed by atoms with E-state index in [-0.39, 0.29) is 23.4 Å². The number of piperidine rings is 1. The van der Waals surface area contributed by atoms with Crippen LogP contribution in [-0.2, 0) is 16.6 Å². The predicted molar refractivity (Wildman–Crippen MR) is 99.1 cm³/mol. The summed E-state index contributed by atoms with van der Waals surface area (Å²) in [7, 11) is 0. The molecule has 0 radical (unpaired) electrons. The summed E-state index contributed by atoms with van der Waals surface area (Å²) in [5.41, 5.74) is 3.04. The standard InChI is InChI=1S/C20H29NO2.ClH/c1-14-18-11-15-5-6-16(22)12-17(15)20(14,3)8-9-21(18)13-19(2)7-4-10-23-19;/h5-6,12,14,18,22H,4,7-11,13H2,1-3H3;1H/t14?,18-,19+,20-;/m0./s1. The Hall–Kier alpha value is -0.770. The van der Waals surface area contributed by atoms with Gasteiger partial charge in [0, 0.05) is 19.2 Å². The monoisotopic (exact) mass is 351 g/mol. The maximum absolute atomic E-state index is 9.93. The second-order valence-corrected chi connectivity index (χ2v) is 8.44. The third kappa shape index (κ3) is 2.75. The third-order valence-corrected chi connectivity index (χ3v) is 6.95. The van der Waals surface area contributed by atoms with Crippen molar-refractivity contribution in [3.05, 3.63) is 29.3 Å². The first-order chi connectivity index (χ1) is 10.9. The van der Waals surface area contributed by atoms with Crippen molar-refractivity contribution in [2.24, 2.45) is 5.92 Å². The van der Waals surface area contributed by atoms with E-state index in [0.29, 0.717) is 17.7 Å². The van der Waals surface area contributed by atoms with Crippen molar-refractivity contribution in [1.82, 2.24) is 4.90 Å². The van der Waals surface area contributed by atoms with E-state index in [0.717, 1.165) is 32.5 Å². The van der Waals surface area contributed by atoms with E-state index < -0.39 is 0 Å². The van der Waals surface area contributed by atoms with E-state index in [1.807, 2.05) is 12.1 Å². The molecule has 4 atom stereocenters. The summed E-state index contributed by atoms with van der Waals surface area (Å²) in [5, 5.41) is 9.93. The number of hydrogen-bond acceptors (Lipinski definition) is 3. The number of phenols is 1. The SMILES string of the molecule is CC1[C@@H]2Cc3ccc(O)cc3[C@@]1(C)CCN2C[C@@]1(C)CCCO1.Cl. The molecular formula is C20H30ClNO2. The highest BCUT2D eigenvalue weighted by Crippen LogP contribution is 2.49. The highest BCUT2D eigenvalue weighted by molar-refractivity contribution is 5.85. The van der Waals surface area contributed by atoms with Gasteiger partial charge in [-0.3, -0.25) is 4.90 Å². The largest absolute Gasteiger partial charge is 0.508 e. The first-order valence-electron chi connectivity index (χ1n) is 9.12. The van der Waals surface area contributed by atoms with Crippen molar-refractivity contribution in [2.75, 3.05) is 19.7 Å². The number of aromatic hydroxyl groups is 1. The van der Waals surface area contributed by atoms with Gasteiger partial charge < -0.3 is 9.84 Å². The third-order valence-electron chi connectivity index (χ3n) is 6.95. The molecule has 4 heteroatoms. The number of benzene rings is 1. The van der Waals surface area contributed by atoms with Crippen LogP contribution in [0, 0.1) is 5.92 Å². The van der Waals surface area contributed by atoms with E-state index >= 15 is 0 Å². The van der Waals surface area contributed by atoms with Crippen molar-refractivity contribution >= 4 is 12.4 Å². The van der Waals surface area contributed by atoms with Gasteiger partial charge in [0.05, 0.1) is 5.60 Å². The summed E-state index contributed by atoms with van der Waals surface area (Å²) in [5.74, 6) is 1.01. The van der Waals surface area contributed by atoms with Crippen LogP contribution in [0.15, 0.2) is 18.2 Å². The Kier molecular flexibility index (Phi) is 4.65. The normalized spacial score (nSPS) is 38.5. The Morgan fingerprint density at radius 3 is 2.79 bits per heavy atom. The fourth-order valence-electron chi connectivity index (χ4n) is 5.28. The van der Waals surface area contributed by atoms with Gasteiger partial charge >= 0.3 is 0 Å². The number of fused-ring (bicyclic) bond motifs is 4. The lowest BCUT2D eigenvalue weighted by Crippen LogP contribution is -2.60. The molecule has 2 fully saturated rings. The second-order valence-electron chi connectivity index (χ2n) is 8.44. The first-order valence-corrected chi connectivity index (χ1v) is 9.12. The highest BCUT2D eigenvalue weighted by atomic mass is 35.5. The average Bonchev–Trinajstić information content (AvgIpc) is 2.93. The molecule has 134 valence electrons. The quantitative estimate of drug-likeness (QED) is 0.876. The molecule has 0 aromatic heterocycles. The lowest BCUT2D eigenvalue weighted by atomic mass is 9.59. The summed E-state index contributed by atoms with van der Waals surface area (Å²) in [4.78, 5) is 2.69. The molecule has 2 aliphatic heterocycles. The van der Waals surface area contributed by atoms with E-state index in [2.05, 4.69) is 31.7 Å². The minimum atomic E-state index is 0. The Balaban J connectivity index is 0.00000169. The Labute approximate surface area is 151 Å². The minimum absolute atomic E-state index is 0. The molecule has 2 heterocycles. The Morgan fingerprint density at radius 1 is 1.29 bits per heavy atom. The zero-order valence-electron chi connectivity index (χ0n) is 15.0. The van der Waals surface area contributed by atoms with Crippen LogP contribution < -0.4 is 0 Å². The molecule has 4 rings (SSSR count). The van der Waals surface area contributed by atoms with Gasteiger partial charge in [-0.2, -0.15) is 0 Å². The number of halogens is 1. The number of ether oxygens (including phenoxy) is 1. The molecule has 0 spiro atoms. The molecule has 1 unspecified atom stereocenters. The molecule has 1 aromatic rings. The zero-order valence-corrected chi connectivity index (χ0v) is 15.9. The highest BCUT2D eigenvalue weighted by Gasteiger charge is 2.49. The van der Waals surface area contributed by atoms with Crippen LogP contribution in [0.5, 0.6) is 5.75 Å². The van der Waals surface area contributed by atoms with Crippen molar-refractivity contribution in [2.45, 2.75) is 63.5 Å². The van der Waals surface area contributed by atoms with Crippen LogP contribution in [0.3, 0.4) is 0 Å². The maximum atomic E-state index is 9.93. The summed E-state index contributed by atoms with van der Waals surface area (Å²) in [6.07, 6.45) is 4.65. The molecular weight excluding hydrogens is 322 g/mol. The summed E-state index contributed by atoms with van der Waals surface area (Å²) >= 11 is 0. The van der Waals surface area contributed by atoms with Gasteiger partial charge in [-0.05, 0) is 73.7 Å². The molecule has 24 heavy (non-hydrogen) atoms. The van der Waals surface area contributed by atoms with Crippen LogP contribution in [0.1, 0.15) is 51.2 Å². The van der Waals surface area contributed by atoms with Crippen LogP contribution in [0.25, 0.3) is 0 Å². The number of hydrogen-bond donors (Lipinski definition) is 1. The lowest BCUT2D eigenvalue weighted by molar-refractivity contribution is -0.0508. The van der Waals surface area contributed by atoms with Gasteiger partial charge in [-0.15, -0.1) is 12.4 Å². The van der Waals surface area contributed by atoms with E-state index in [9.17, 15) is 5.11 Å². The predicted octanol–water partition coefficient (Wildman–Crippen LogP) is 3.91. The Bertz CT molecular complexity index is 614. The van der Waals surface area contributed by atoms with Crippen molar-refractivity contribution in [3.63, 3.8) is 0 Å². The second kappa shape index (κ2) is 6.19. The molecule has 2 saturated heterocycles. The molecule has 0 amide bonds. The Morgan fingerprint density at radius 2 is 2.08 bits per heavy atom. The number of nitrogens with zero attached hydrogens (tertiary/aromatic N) is 1. The van der Waals surface area contributed by atoms with Gasteiger partial charge in [0.15, 0.2) is 0 Å². The van der Waals surface area contributed by atoms with E-state index in [1.165, 1.54) is 24.0 Å². The van der Waals surface area contributed by atoms with Crippen molar-refractivity contribution in [3.8, 4) is 5.75 Å². The molecule has 0 saturated carbocycles. The van der Waals surface area contributed by atoms with Crippen LogP contribution in [0.4, 0.5) is 0 Å². The smallest absolute Gasteiger partial charge is 0.115 e. The fraction of sp³-hybridized carbons (Fsp3) is 0.700. The molecule has 3 nitrogen and oxygen atoms in total. The van der Waals surface area contributed by atoms with Crippen molar-refractivity contribution < 1.29 is 9.84 Å². The minimum Gasteiger partial charge on any atom is -0.508 e. The topological polar surface area (TPSA) is 32.7 Å². The van der Waals surface area contributed by atoms with E-state index in [4.69, 9.17) is 4.74 Å². The zero-order chi connectivity index (χ0) is 16.2. The summed E-state index contributed by atoms with van der Waals surface area (Å²) < 4.78 is 6.05. The van der Waals surface area contributed by atoms with Gasteiger partial charge in [-0.1, -0.05) is 19.9 Å². The molecule has 1 aromatic carbocycles. The molecule has 1 N–H and O–H groups in total. The number of phenolic OH excluding ortho intramolecular Hbond substituents is 1. The number of rotatable bonds is 2. The first kappa shape index (κ1) is 18.0. The summed E-state index contributed by atoms with van der Waals surface area (Å²) in [6.45, 7) is 10.2.